The lowest BCUT2D eigenvalue weighted by Crippen LogP contribution is -2.06. The maximum absolute atomic E-state index is 12.8. The zero-order chi connectivity index (χ0) is 18.5. The average molecular weight is 351 g/mol. The molecule has 128 valence electrons. The Hall–Kier alpha value is -3.46. The van der Waals surface area contributed by atoms with Crippen LogP contribution in [0.1, 0.15) is 11.1 Å². The van der Waals surface area contributed by atoms with E-state index in [0.717, 1.165) is 22.9 Å². The van der Waals surface area contributed by atoms with Gasteiger partial charge in [0.2, 0.25) is 0 Å². The lowest BCUT2D eigenvalue weighted by molar-refractivity contribution is -0.137. The van der Waals surface area contributed by atoms with Crippen molar-refractivity contribution in [1.82, 2.24) is 4.57 Å². The van der Waals surface area contributed by atoms with Gasteiger partial charge in [-0.2, -0.15) is 18.4 Å². The summed E-state index contributed by atoms with van der Waals surface area (Å²) in [6.07, 6.45) is -4.41. The van der Waals surface area contributed by atoms with Gasteiger partial charge >= 0.3 is 6.18 Å². The van der Waals surface area contributed by atoms with Crippen LogP contribution in [0.4, 0.5) is 19.0 Å². The number of nitrogens with two attached hydrogens (primary N) is 1. The average Bonchev–Trinajstić information content (AvgIpc) is 2.92. The van der Waals surface area contributed by atoms with Gasteiger partial charge in [0, 0.05) is 11.1 Å². The van der Waals surface area contributed by atoms with Crippen molar-refractivity contribution < 1.29 is 13.2 Å². The van der Waals surface area contributed by atoms with E-state index in [-0.39, 0.29) is 5.82 Å². The van der Waals surface area contributed by atoms with E-state index in [1.54, 1.807) is 4.57 Å². The molecule has 0 amide bonds. The Kier molecular flexibility index (Phi) is 3.41. The largest absolute Gasteiger partial charge is 0.416 e. The standard InChI is InChI=1S/C20H12F3N3/c21-20(22,23)13-6-8-14(9-7-13)26-17-10-5-12-3-1-2-4-15(12)18(17)16(11-24)19(26)25/h1-10H,25H2. The van der Waals surface area contributed by atoms with E-state index in [1.807, 2.05) is 36.4 Å². The van der Waals surface area contributed by atoms with Gasteiger partial charge in [-0.15, -0.1) is 0 Å². The van der Waals surface area contributed by atoms with Crippen LogP contribution in [-0.4, -0.2) is 4.57 Å². The fraction of sp³-hybridized carbons (Fsp3) is 0.0500. The summed E-state index contributed by atoms with van der Waals surface area (Å²) in [6, 6.07) is 18.2. The normalized spacial score (nSPS) is 11.8. The predicted octanol–water partition coefficient (Wildman–Crippen LogP) is 5.26. The molecule has 4 rings (SSSR count). The summed E-state index contributed by atoms with van der Waals surface area (Å²) in [4.78, 5) is 0. The second-order valence-electron chi connectivity index (χ2n) is 5.93. The number of halogens is 3. The lowest BCUT2D eigenvalue weighted by atomic mass is 10.0. The van der Waals surface area contributed by atoms with Gasteiger partial charge in [0.1, 0.15) is 17.5 Å². The van der Waals surface area contributed by atoms with Gasteiger partial charge in [0.25, 0.3) is 0 Å². The Labute approximate surface area is 146 Å². The number of anilines is 1. The molecule has 6 heteroatoms. The van der Waals surface area contributed by atoms with Crippen molar-refractivity contribution in [2.24, 2.45) is 0 Å². The Morgan fingerprint density at radius 2 is 1.62 bits per heavy atom. The van der Waals surface area contributed by atoms with Crippen LogP contribution in [0.3, 0.4) is 0 Å². The molecular formula is C20H12F3N3. The highest BCUT2D eigenvalue weighted by Crippen LogP contribution is 2.37. The van der Waals surface area contributed by atoms with E-state index in [0.29, 0.717) is 22.2 Å². The Morgan fingerprint density at radius 3 is 2.27 bits per heavy atom. The minimum absolute atomic E-state index is 0.207. The van der Waals surface area contributed by atoms with Gasteiger partial charge in [0.15, 0.2) is 0 Å². The van der Waals surface area contributed by atoms with E-state index >= 15 is 0 Å². The fourth-order valence-electron chi connectivity index (χ4n) is 3.27. The number of hydrogen-bond acceptors (Lipinski definition) is 2. The van der Waals surface area contributed by atoms with Gasteiger partial charge in [-0.05, 0) is 41.1 Å². The van der Waals surface area contributed by atoms with Crippen LogP contribution >= 0.6 is 0 Å². The number of benzene rings is 3. The van der Waals surface area contributed by atoms with Crippen molar-refractivity contribution in [1.29, 1.82) is 5.26 Å². The minimum Gasteiger partial charge on any atom is -0.384 e. The molecule has 1 aromatic heterocycles. The predicted molar refractivity (Wildman–Crippen MR) is 94.9 cm³/mol. The number of fused-ring (bicyclic) bond motifs is 3. The van der Waals surface area contributed by atoms with Crippen LogP contribution in [0.25, 0.3) is 27.4 Å². The molecule has 3 aromatic carbocycles. The molecule has 0 radical (unpaired) electrons. The second-order valence-corrected chi connectivity index (χ2v) is 5.93. The Bertz CT molecular complexity index is 1180. The van der Waals surface area contributed by atoms with Crippen molar-refractivity contribution >= 4 is 27.5 Å². The van der Waals surface area contributed by atoms with Crippen molar-refractivity contribution in [3.8, 4) is 11.8 Å². The molecule has 2 N–H and O–H groups in total. The second kappa shape index (κ2) is 5.53. The first kappa shape index (κ1) is 16.0. The maximum atomic E-state index is 12.8. The zero-order valence-corrected chi connectivity index (χ0v) is 13.4. The SMILES string of the molecule is N#Cc1c(N)n(-c2ccc(C(F)(F)F)cc2)c2ccc3ccccc3c12. The molecule has 0 fully saturated rings. The molecule has 0 aliphatic carbocycles. The summed E-state index contributed by atoms with van der Waals surface area (Å²) in [6.45, 7) is 0. The van der Waals surface area contributed by atoms with Crippen LogP contribution in [0.5, 0.6) is 0 Å². The lowest BCUT2D eigenvalue weighted by Gasteiger charge is -2.11. The van der Waals surface area contributed by atoms with E-state index in [9.17, 15) is 18.4 Å². The van der Waals surface area contributed by atoms with Crippen LogP contribution in [0, 0.1) is 11.3 Å². The highest BCUT2D eigenvalue weighted by Gasteiger charge is 2.30. The maximum Gasteiger partial charge on any atom is 0.416 e. The van der Waals surface area contributed by atoms with Crippen molar-refractivity contribution in [3.63, 3.8) is 0 Å². The number of nitrogens with zero attached hydrogens (tertiary/aromatic N) is 2. The molecule has 0 aliphatic heterocycles. The molecule has 26 heavy (non-hydrogen) atoms. The molecule has 3 nitrogen and oxygen atoms in total. The Morgan fingerprint density at radius 1 is 0.923 bits per heavy atom. The molecule has 0 bridgehead atoms. The molecule has 0 unspecified atom stereocenters. The summed E-state index contributed by atoms with van der Waals surface area (Å²) in [5, 5.41) is 12.1. The van der Waals surface area contributed by atoms with Crippen LogP contribution in [0.15, 0.2) is 60.7 Å². The van der Waals surface area contributed by atoms with E-state index < -0.39 is 11.7 Å². The van der Waals surface area contributed by atoms with Crippen molar-refractivity contribution in [2.75, 3.05) is 5.73 Å². The van der Waals surface area contributed by atoms with Gasteiger partial charge in [-0.3, -0.25) is 4.57 Å². The zero-order valence-electron chi connectivity index (χ0n) is 13.4. The third-order valence-corrected chi connectivity index (χ3v) is 4.46. The molecule has 1 heterocycles. The van der Waals surface area contributed by atoms with Crippen LogP contribution < -0.4 is 5.73 Å². The number of alkyl halides is 3. The summed E-state index contributed by atoms with van der Waals surface area (Å²) in [5.74, 6) is 0.207. The molecule has 0 saturated heterocycles. The van der Waals surface area contributed by atoms with Gasteiger partial charge in [-0.1, -0.05) is 30.3 Å². The van der Waals surface area contributed by atoms with Crippen LogP contribution in [-0.2, 0) is 6.18 Å². The fourth-order valence-corrected chi connectivity index (χ4v) is 3.27. The molecule has 0 saturated carbocycles. The molecule has 0 atom stereocenters. The summed E-state index contributed by atoms with van der Waals surface area (Å²) < 4.78 is 40.1. The van der Waals surface area contributed by atoms with Crippen molar-refractivity contribution in [2.45, 2.75) is 6.18 Å². The summed E-state index contributed by atoms with van der Waals surface area (Å²) >= 11 is 0. The first-order valence-corrected chi connectivity index (χ1v) is 7.81. The van der Waals surface area contributed by atoms with Gasteiger partial charge in [0.05, 0.1) is 11.1 Å². The van der Waals surface area contributed by atoms with E-state index in [4.69, 9.17) is 5.73 Å². The van der Waals surface area contributed by atoms with E-state index in [2.05, 4.69) is 6.07 Å². The minimum atomic E-state index is -4.41. The van der Waals surface area contributed by atoms with Gasteiger partial charge in [-0.25, -0.2) is 0 Å². The molecule has 0 spiro atoms. The molecule has 4 aromatic rings. The monoisotopic (exact) mass is 351 g/mol. The number of nitrogen functional groups attached to an aromatic ring is 1. The van der Waals surface area contributed by atoms with Crippen molar-refractivity contribution in [3.05, 3.63) is 71.8 Å². The Balaban J connectivity index is 2.04. The number of nitriles is 1. The summed E-state index contributed by atoms with van der Waals surface area (Å²) in [7, 11) is 0. The number of rotatable bonds is 1. The first-order valence-electron chi connectivity index (χ1n) is 7.81. The third-order valence-electron chi connectivity index (χ3n) is 4.46. The highest BCUT2D eigenvalue weighted by atomic mass is 19.4. The smallest absolute Gasteiger partial charge is 0.384 e. The quantitative estimate of drug-likeness (QED) is 0.509. The van der Waals surface area contributed by atoms with Gasteiger partial charge < -0.3 is 5.73 Å². The molecule has 0 aliphatic rings. The van der Waals surface area contributed by atoms with Crippen LogP contribution in [0.2, 0.25) is 0 Å². The first-order chi connectivity index (χ1) is 12.4. The highest BCUT2D eigenvalue weighted by molar-refractivity contribution is 6.12. The topological polar surface area (TPSA) is 54.7 Å². The number of aromatic nitrogens is 1. The number of hydrogen-bond donors (Lipinski definition) is 1. The molecular weight excluding hydrogens is 339 g/mol. The summed E-state index contributed by atoms with van der Waals surface area (Å²) in [5.41, 5.74) is 6.92. The van der Waals surface area contributed by atoms with E-state index in [1.165, 1.54) is 12.1 Å². The third kappa shape index (κ3) is 2.29.